The first kappa shape index (κ1) is 21.2. The first-order chi connectivity index (χ1) is 16.0. The molecule has 4 aromatic rings. The number of nitrogens with zero attached hydrogens (tertiary/aromatic N) is 4. The molecule has 10 nitrogen and oxygen atoms in total. The molecule has 0 unspecified atom stereocenters. The average Bonchev–Trinajstić information content (AvgIpc) is 3.22. The monoisotopic (exact) mass is 469 g/mol. The molecule has 1 aliphatic rings. The summed E-state index contributed by atoms with van der Waals surface area (Å²) in [4.78, 5) is 8.77. The smallest absolute Gasteiger partial charge is 0.243 e. The number of rotatable bonds is 6. The summed E-state index contributed by atoms with van der Waals surface area (Å²) >= 11 is 0. The number of hydrogen-bond acceptors (Lipinski definition) is 8. The van der Waals surface area contributed by atoms with Gasteiger partial charge in [-0.15, -0.1) is 0 Å². The number of anilines is 4. The molecule has 3 N–H and O–H groups in total. The second-order valence-corrected chi connectivity index (χ2v) is 9.26. The molecule has 0 spiro atoms. The molecule has 0 aliphatic carbocycles. The summed E-state index contributed by atoms with van der Waals surface area (Å²) in [6.45, 7) is 1.40. The quantitative estimate of drug-likeness (QED) is 0.394. The Labute approximate surface area is 188 Å². The van der Waals surface area contributed by atoms with E-state index in [0.29, 0.717) is 54.5 Å². The van der Waals surface area contributed by atoms with Crippen molar-refractivity contribution in [3.05, 3.63) is 60.5 Å². The molecule has 0 bridgehead atoms. The number of nitrogens with one attached hydrogen (secondary N) is 3. The van der Waals surface area contributed by atoms with E-state index in [1.807, 2.05) is 0 Å². The number of aromatic amines is 1. The van der Waals surface area contributed by atoms with Crippen LogP contribution in [0.4, 0.5) is 27.7 Å². The third-order valence-electron chi connectivity index (χ3n) is 5.12. The van der Waals surface area contributed by atoms with Gasteiger partial charge in [-0.1, -0.05) is 6.07 Å². The molecule has 12 heteroatoms. The van der Waals surface area contributed by atoms with Crippen molar-refractivity contribution in [3.8, 4) is 0 Å². The molecule has 0 radical (unpaired) electrons. The van der Waals surface area contributed by atoms with Gasteiger partial charge in [0.25, 0.3) is 0 Å². The van der Waals surface area contributed by atoms with Crippen LogP contribution in [-0.4, -0.2) is 59.2 Å². The zero-order valence-electron chi connectivity index (χ0n) is 17.3. The molecule has 5 rings (SSSR count). The predicted octanol–water partition coefficient (Wildman–Crippen LogP) is 3.00. The van der Waals surface area contributed by atoms with Crippen LogP contribution < -0.4 is 10.6 Å². The fraction of sp³-hybridized carbons (Fsp3) is 0.190. The highest BCUT2D eigenvalue weighted by atomic mass is 32.2. The van der Waals surface area contributed by atoms with Crippen molar-refractivity contribution in [2.75, 3.05) is 36.9 Å². The van der Waals surface area contributed by atoms with Gasteiger partial charge in [0.1, 0.15) is 11.6 Å². The first-order valence-corrected chi connectivity index (χ1v) is 11.6. The lowest BCUT2D eigenvalue weighted by atomic mass is 10.2. The molecule has 2 aromatic carbocycles. The Balaban J connectivity index is 1.36. The van der Waals surface area contributed by atoms with Crippen LogP contribution in [0.25, 0.3) is 10.9 Å². The van der Waals surface area contributed by atoms with Crippen molar-refractivity contribution in [2.45, 2.75) is 4.90 Å². The number of H-pyrrole nitrogens is 1. The van der Waals surface area contributed by atoms with E-state index in [-0.39, 0.29) is 16.7 Å². The largest absolute Gasteiger partial charge is 0.379 e. The molecule has 0 amide bonds. The zero-order valence-corrected chi connectivity index (χ0v) is 18.1. The van der Waals surface area contributed by atoms with E-state index in [2.05, 4.69) is 30.8 Å². The van der Waals surface area contributed by atoms with Gasteiger partial charge in [0, 0.05) is 30.4 Å². The molecule has 33 heavy (non-hydrogen) atoms. The van der Waals surface area contributed by atoms with Crippen LogP contribution in [0.2, 0.25) is 0 Å². The number of fused-ring (bicyclic) bond motifs is 1. The number of ether oxygens (including phenoxy) is 1. The lowest BCUT2D eigenvalue weighted by molar-refractivity contribution is 0.0730. The SMILES string of the molecule is O=S(=O)(c1cccc(Nc2nccc(Nc3n[nH]c4ccc(F)cc34)n2)c1)N1CCOCC1. The van der Waals surface area contributed by atoms with E-state index in [0.717, 1.165) is 0 Å². The van der Waals surface area contributed by atoms with E-state index in [9.17, 15) is 12.8 Å². The number of aromatic nitrogens is 4. The van der Waals surface area contributed by atoms with Crippen molar-refractivity contribution in [2.24, 2.45) is 0 Å². The van der Waals surface area contributed by atoms with Crippen molar-refractivity contribution in [3.63, 3.8) is 0 Å². The second kappa shape index (κ2) is 8.73. The highest BCUT2D eigenvalue weighted by Gasteiger charge is 2.26. The summed E-state index contributed by atoms with van der Waals surface area (Å²) in [5, 5.41) is 13.7. The van der Waals surface area contributed by atoms with Crippen LogP contribution >= 0.6 is 0 Å². The van der Waals surface area contributed by atoms with Crippen LogP contribution in [0.15, 0.2) is 59.6 Å². The van der Waals surface area contributed by atoms with Crippen molar-refractivity contribution < 1.29 is 17.5 Å². The van der Waals surface area contributed by atoms with Crippen molar-refractivity contribution in [1.29, 1.82) is 0 Å². The number of halogens is 1. The minimum Gasteiger partial charge on any atom is -0.379 e. The maximum atomic E-state index is 13.6. The van der Waals surface area contributed by atoms with E-state index >= 15 is 0 Å². The Hall–Kier alpha value is -3.61. The fourth-order valence-electron chi connectivity index (χ4n) is 3.49. The van der Waals surface area contributed by atoms with Gasteiger partial charge in [0.05, 0.1) is 23.6 Å². The summed E-state index contributed by atoms with van der Waals surface area (Å²) in [6, 6.07) is 12.5. The minimum atomic E-state index is -3.63. The van der Waals surface area contributed by atoms with Crippen LogP contribution in [-0.2, 0) is 14.8 Å². The first-order valence-electron chi connectivity index (χ1n) is 10.2. The molecule has 0 saturated carbocycles. The molecule has 1 saturated heterocycles. The Morgan fingerprint density at radius 2 is 1.91 bits per heavy atom. The van der Waals surface area contributed by atoms with Gasteiger partial charge in [0.2, 0.25) is 16.0 Å². The van der Waals surface area contributed by atoms with Gasteiger partial charge in [-0.05, 0) is 42.5 Å². The van der Waals surface area contributed by atoms with E-state index in [4.69, 9.17) is 4.74 Å². The normalized spacial score (nSPS) is 14.9. The van der Waals surface area contributed by atoms with Crippen LogP contribution in [0.5, 0.6) is 0 Å². The van der Waals surface area contributed by atoms with Gasteiger partial charge in [-0.3, -0.25) is 5.10 Å². The van der Waals surface area contributed by atoms with Gasteiger partial charge < -0.3 is 15.4 Å². The van der Waals surface area contributed by atoms with E-state index in [1.165, 1.54) is 22.5 Å². The molecule has 170 valence electrons. The number of hydrogen-bond donors (Lipinski definition) is 3. The Morgan fingerprint density at radius 3 is 2.76 bits per heavy atom. The highest BCUT2D eigenvalue weighted by molar-refractivity contribution is 7.89. The topological polar surface area (TPSA) is 125 Å². The molecule has 0 atom stereocenters. The van der Waals surface area contributed by atoms with E-state index in [1.54, 1.807) is 36.5 Å². The third kappa shape index (κ3) is 4.49. The van der Waals surface area contributed by atoms with Crippen LogP contribution in [0.1, 0.15) is 0 Å². The standard InChI is InChI=1S/C21H20FN7O3S/c22-14-4-5-18-17(12-14)20(28-27-18)25-19-6-7-23-21(26-19)24-15-2-1-3-16(13-15)33(30,31)29-8-10-32-11-9-29/h1-7,12-13H,8-11H2,(H3,23,24,25,26,27,28). The zero-order chi connectivity index (χ0) is 22.8. The Kier molecular flexibility index (Phi) is 5.62. The maximum absolute atomic E-state index is 13.6. The summed E-state index contributed by atoms with van der Waals surface area (Å²) in [6.07, 6.45) is 1.54. The second-order valence-electron chi connectivity index (χ2n) is 7.32. The molecule has 1 aliphatic heterocycles. The summed E-state index contributed by atoms with van der Waals surface area (Å²) in [5.74, 6) is 0.742. The minimum absolute atomic E-state index is 0.175. The summed E-state index contributed by atoms with van der Waals surface area (Å²) in [5.41, 5.74) is 1.21. The van der Waals surface area contributed by atoms with E-state index < -0.39 is 10.0 Å². The van der Waals surface area contributed by atoms with Crippen molar-refractivity contribution >= 4 is 44.2 Å². The highest BCUT2D eigenvalue weighted by Crippen LogP contribution is 2.25. The van der Waals surface area contributed by atoms with Gasteiger partial charge in [0.15, 0.2) is 5.82 Å². The molecule has 3 heterocycles. The molecule has 1 fully saturated rings. The Bertz CT molecular complexity index is 1400. The molecule has 2 aromatic heterocycles. The fourth-order valence-corrected chi connectivity index (χ4v) is 4.95. The van der Waals surface area contributed by atoms with Crippen LogP contribution in [0, 0.1) is 5.82 Å². The van der Waals surface area contributed by atoms with Gasteiger partial charge >= 0.3 is 0 Å². The number of sulfonamides is 1. The number of benzene rings is 2. The number of morpholine rings is 1. The maximum Gasteiger partial charge on any atom is 0.243 e. The molecular formula is C21H20FN7O3S. The third-order valence-corrected chi connectivity index (χ3v) is 7.02. The summed E-state index contributed by atoms with van der Waals surface area (Å²) in [7, 11) is -3.63. The average molecular weight is 470 g/mol. The van der Waals surface area contributed by atoms with Gasteiger partial charge in [-0.2, -0.15) is 14.4 Å². The lowest BCUT2D eigenvalue weighted by Gasteiger charge is -2.26. The van der Waals surface area contributed by atoms with Crippen molar-refractivity contribution in [1.82, 2.24) is 24.5 Å². The molecular weight excluding hydrogens is 449 g/mol. The van der Waals surface area contributed by atoms with Crippen LogP contribution in [0.3, 0.4) is 0 Å². The predicted molar refractivity (Wildman–Crippen MR) is 121 cm³/mol. The summed E-state index contributed by atoms with van der Waals surface area (Å²) < 4.78 is 46.1. The Morgan fingerprint density at radius 1 is 1.06 bits per heavy atom. The lowest BCUT2D eigenvalue weighted by Crippen LogP contribution is -2.40. The van der Waals surface area contributed by atoms with Gasteiger partial charge in [-0.25, -0.2) is 17.8 Å².